The Morgan fingerprint density at radius 1 is 1.58 bits per heavy atom. The molecule has 7 nitrogen and oxygen atoms in total. The van der Waals surface area contributed by atoms with Gasteiger partial charge in [-0.05, 0) is 31.7 Å². The topological polar surface area (TPSA) is 92.8 Å². The van der Waals surface area contributed by atoms with Gasteiger partial charge in [0.05, 0.1) is 6.61 Å². The fourth-order valence-corrected chi connectivity index (χ4v) is 3.04. The fourth-order valence-electron chi connectivity index (χ4n) is 3.04. The maximum atomic E-state index is 11.2. The van der Waals surface area contributed by atoms with Crippen LogP contribution in [0.5, 0.6) is 5.88 Å². The summed E-state index contributed by atoms with van der Waals surface area (Å²) in [7, 11) is 1.77. The molecule has 3 N–H and O–H groups in total. The third-order valence-corrected chi connectivity index (χ3v) is 4.09. The van der Waals surface area contributed by atoms with Crippen LogP contribution in [0.3, 0.4) is 0 Å². The molecule has 1 aliphatic rings. The highest BCUT2D eigenvalue weighted by Crippen LogP contribution is 2.20. The molecule has 7 heteroatoms. The number of amides is 1. The van der Waals surface area contributed by atoms with Crippen molar-refractivity contribution in [3.63, 3.8) is 0 Å². The molecule has 24 heavy (non-hydrogen) atoms. The molecule has 0 saturated carbocycles. The Bertz CT molecular complexity index is 576. The standard InChI is InChI=1S/C17H27N5O2/c1-3-24-16-14(7-4-8-20-16)11-21-17(19-2)22-9-5-6-13(12-22)10-15(18)23/h4,7-8,13H,3,5-6,9-12H2,1-2H3,(H2,18,23)(H,19,21). The number of nitrogens with two attached hydrogens (primary N) is 1. The zero-order chi connectivity index (χ0) is 17.4. The lowest BCUT2D eigenvalue weighted by Crippen LogP contribution is -2.46. The first kappa shape index (κ1) is 18.0. The second-order valence-electron chi connectivity index (χ2n) is 5.93. The quantitative estimate of drug-likeness (QED) is 0.601. The minimum absolute atomic E-state index is 0.235. The minimum atomic E-state index is -0.235. The summed E-state index contributed by atoms with van der Waals surface area (Å²) in [4.78, 5) is 22.0. The number of ether oxygens (including phenoxy) is 1. The second kappa shape index (κ2) is 9.10. The van der Waals surface area contributed by atoms with Gasteiger partial charge < -0.3 is 20.7 Å². The van der Waals surface area contributed by atoms with E-state index in [0.717, 1.165) is 37.5 Å². The molecule has 132 valence electrons. The van der Waals surface area contributed by atoms with Crippen molar-refractivity contribution < 1.29 is 9.53 Å². The molecular weight excluding hydrogens is 306 g/mol. The van der Waals surface area contributed by atoms with Crippen molar-refractivity contribution >= 4 is 11.9 Å². The third-order valence-electron chi connectivity index (χ3n) is 4.09. The smallest absolute Gasteiger partial charge is 0.218 e. The summed E-state index contributed by atoms with van der Waals surface area (Å²) >= 11 is 0. The molecule has 1 aromatic heterocycles. The fraction of sp³-hybridized carbons (Fsp3) is 0.588. The maximum absolute atomic E-state index is 11.2. The highest BCUT2D eigenvalue weighted by atomic mass is 16.5. The van der Waals surface area contributed by atoms with Crippen LogP contribution >= 0.6 is 0 Å². The highest BCUT2D eigenvalue weighted by molar-refractivity contribution is 5.80. The minimum Gasteiger partial charge on any atom is -0.478 e. The summed E-state index contributed by atoms with van der Waals surface area (Å²) < 4.78 is 5.55. The summed E-state index contributed by atoms with van der Waals surface area (Å²) in [5.41, 5.74) is 6.32. The van der Waals surface area contributed by atoms with Crippen molar-refractivity contribution in [1.29, 1.82) is 0 Å². The lowest BCUT2D eigenvalue weighted by molar-refractivity contribution is -0.119. The molecule has 1 unspecified atom stereocenters. The third kappa shape index (κ3) is 5.11. The van der Waals surface area contributed by atoms with E-state index in [-0.39, 0.29) is 5.91 Å². The average molecular weight is 333 g/mol. The van der Waals surface area contributed by atoms with Gasteiger partial charge in [-0.1, -0.05) is 6.07 Å². The van der Waals surface area contributed by atoms with Crippen LogP contribution < -0.4 is 15.8 Å². The Morgan fingerprint density at radius 3 is 3.12 bits per heavy atom. The predicted octanol–water partition coefficient (Wildman–Crippen LogP) is 1.14. The normalized spacial score (nSPS) is 18.3. The Hall–Kier alpha value is -2.31. The molecule has 1 atom stereocenters. The Morgan fingerprint density at radius 2 is 2.42 bits per heavy atom. The molecule has 0 aromatic carbocycles. The van der Waals surface area contributed by atoms with Crippen LogP contribution in [0, 0.1) is 5.92 Å². The van der Waals surface area contributed by atoms with Crippen molar-refractivity contribution in [1.82, 2.24) is 15.2 Å². The van der Waals surface area contributed by atoms with E-state index in [4.69, 9.17) is 10.5 Å². The molecular formula is C17H27N5O2. The number of guanidine groups is 1. The SMILES string of the molecule is CCOc1ncccc1CNC(=NC)N1CCCC(CC(N)=O)C1. The van der Waals surface area contributed by atoms with Crippen molar-refractivity contribution in [2.75, 3.05) is 26.7 Å². The lowest BCUT2D eigenvalue weighted by Gasteiger charge is -2.34. The van der Waals surface area contributed by atoms with E-state index in [1.54, 1.807) is 13.2 Å². The van der Waals surface area contributed by atoms with Gasteiger partial charge in [-0.3, -0.25) is 9.79 Å². The molecule has 2 heterocycles. The predicted molar refractivity (Wildman–Crippen MR) is 93.7 cm³/mol. The number of primary amides is 1. The molecule has 0 aliphatic carbocycles. The largest absolute Gasteiger partial charge is 0.478 e. The maximum Gasteiger partial charge on any atom is 0.218 e. The van der Waals surface area contributed by atoms with Gasteiger partial charge in [0.15, 0.2) is 5.96 Å². The van der Waals surface area contributed by atoms with Gasteiger partial charge in [0.2, 0.25) is 11.8 Å². The molecule has 0 spiro atoms. The van der Waals surface area contributed by atoms with Crippen molar-refractivity contribution in [2.45, 2.75) is 32.7 Å². The van der Waals surface area contributed by atoms with Crippen LogP contribution in [0.4, 0.5) is 0 Å². The van der Waals surface area contributed by atoms with Gasteiger partial charge in [0.1, 0.15) is 0 Å². The van der Waals surface area contributed by atoms with Crippen LogP contribution in [0.25, 0.3) is 0 Å². The van der Waals surface area contributed by atoms with Crippen LogP contribution in [0.15, 0.2) is 23.3 Å². The number of nitrogens with zero attached hydrogens (tertiary/aromatic N) is 3. The molecule has 0 radical (unpaired) electrons. The number of pyridine rings is 1. The molecule has 1 amide bonds. The van der Waals surface area contributed by atoms with Gasteiger partial charge >= 0.3 is 0 Å². The monoisotopic (exact) mass is 333 g/mol. The highest BCUT2D eigenvalue weighted by Gasteiger charge is 2.23. The van der Waals surface area contributed by atoms with Crippen molar-refractivity contribution in [3.05, 3.63) is 23.9 Å². The van der Waals surface area contributed by atoms with Crippen LogP contribution in [-0.4, -0.2) is 48.5 Å². The second-order valence-corrected chi connectivity index (χ2v) is 5.93. The molecule has 1 saturated heterocycles. The first-order chi connectivity index (χ1) is 11.6. The number of hydrogen-bond acceptors (Lipinski definition) is 4. The Balaban J connectivity index is 1.96. The number of rotatable bonds is 6. The van der Waals surface area contributed by atoms with Gasteiger partial charge in [-0.15, -0.1) is 0 Å². The van der Waals surface area contributed by atoms with E-state index in [0.29, 0.717) is 31.4 Å². The zero-order valence-corrected chi connectivity index (χ0v) is 14.5. The first-order valence-electron chi connectivity index (χ1n) is 8.44. The summed E-state index contributed by atoms with van der Waals surface area (Å²) in [6.07, 6.45) is 4.23. The number of aromatic nitrogens is 1. The number of aliphatic imine (C=N–C) groups is 1. The molecule has 1 aromatic rings. The van der Waals surface area contributed by atoms with Gasteiger partial charge in [0.25, 0.3) is 0 Å². The van der Waals surface area contributed by atoms with E-state index in [2.05, 4.69) is 20.2 Å². The van der Waals surface area contributed by atoms with E-state index >= 15 is 0 Å². The van der Waals surface area contributed by atoms with Crippen LogP contribution in [0.1, 0.15) is 31.7 Å². The number of carbonyl (C=O) groups excluding carboxylic acids is 1. The van der Waals surface area contributed by atoms with Gasteiger partial charge in [0, 0.05) is 44.9 Å². The van der Waals surface area contributed by atoms with Crippen LogP contribution in [-0.2, 0) is 11.3 Å². The summed E-state index contributed by atoms with van der Waals surface area (Å²) in [6.45, 7) is 4.85. The molecule has 0 bridgehead atoms. The van der Waals surface area contributed by atoms with Gasteiger partial charge in [-0.2, -0.15) is 0 Å². The molecule has 1 aliphatic heterocycles. The zero-order valence-electron chi connectivity index (χ0n) is 14.5. The van der Waals surface area contributed by atoms with E-state index in [1.807, 2.05) is 19.1 Å². The Kier molecular flexibility index (Phi) is 6.84. The van der Waals surface area contributed by atoms with E-state index in [9.17, 15) is 4.79 Å². The number of hydrogen-bond donors (Lipinski definition) is 2. The summed E-state index contributed by atoms with van der Waals surface area (Å²) in [5.74, 6) is 1.54. The van der Waals surface area contributed by atoms with Crippen LogP contribution in [0.2, 0.25) is 0 Å². The summed E-state index contributed by atoms with van der Waals surface area (Å²) in [5, 5.41) is 3.37. The van der Waals surface area contributed by atoms with Crippen molar-refractivity contribution in [2.24, 2.45) is 16.6 Å². The number of carbonyl (C=O) groups is 1. The lowest BCUT2D eigenvalue weighted by atomic mass is 9.95. The number of piperidine rings is 1. The van der Waals surface area contributed by atoms with Gasteiger partial charge in [-0.25, -0.2) is 4.98 Å². The van der Waals surface area contributed by atoms with E-state index in [1.165, 1.54) is 0 Å². The molecule has 1 fully saturated rings. The Labute approximate surface area is 143 Å². The first-order valence-corrected chi connectivity index (χ1v) is 8.44. The van der Waals surface area contributed by atoms with Crippen molar-refractivity contribution in [3.8, 4) is 5.88 Å². The van der Waals surface area contributed by atoms with E-state index < -0.39 is 0 Å². The molecule has 2 rings (SSSR count). The summed E-state index contributed by atoms with van der Waals surface area (Å²) in [6, 6.07) is 3.89. The number of nitrogens with one attached hydrogen (secondary N) is 1. The number of likely N-dealkylation sites (tertiary alicyclic amines) is 1. The average Bonchev–Trinajstić information content (AvgIpc) is 2.57.